The lowest BCUT2D eigenvalue weighted by molar-refractivity contribution is 0.0988. The zero-order valence-corrected chi connectivity index (χ0v) is 20.5. The molecule has 10 heteroatoms. The Morgan fingerprint density at radius 1 is 1.29 bits per heavy atom. The molecule has 0 spiro atoms. The largest absolute Gasteiger partial charge is 0.386 e. The minimum atomic E-state index is -3.67. The van der Waals surface area contributed by atoms with Gasteiger partial charge in [-0.3, -0.25) is 9.79 Å². The van der Waals surface area contributed by atoms with Crippen LogP contribution in [0.3, 0.4) is 0 Å². The number of rotatable bonds is 4. The summed E-state index contributed by atoms with van der Waals surface area (Å²) < 4.78 is 42.1. The Kier molecular flexibility index (Phi) is 4.97. The highest BCUT2D eigenvalue weighted by Gasteiger charge is 2.63. The topological polar surface area (TPSA) is 107 Å². The quantitative estimate of drug-likeness (QED) is 0.546. The van der Waals surface area contributed by atoms with Gasteiger partial charge in [-0.25, -0.2) is 17.8 Å². The summed E-state index contributed by atoms with van der Waals surface area (Å²) >= 11 is 6.06. The van der Waals surface area contributed by atoms with Crippen LogP contribution in [0.5, 0.6) is 0 Å². The van der Waals surface area contributed by atoms with E-state index in [0.717, 1.165) is 0 Å². The number of amidine groups is 1. The summed E-state index contributed by atoms with van der Waals surface area (Å²) in [6.45, 7) is 4.96. The van der Waals surface area contributed by atoms with Crippen molar-refractivity contribution in [3.05, 3.63) is 69.9 Å². The van der Waals surface area contributed by atoms with Crippen LogP contribution in [0.25, 0.3) is 5.65 Å². The fourth-order valence-electron chi connectivity index (χ4n) is 5.29. The van der Waals surface area contributed by atoms with Gasteiger partial charge < -0.3 is 10.1 Å². The summed E-state index contributed by atoms with van der Waals surface area (Å²) in [6.07, 6.45) is 2.34. The normalized spacial score (nSPS) is 27.7. The number of halogens is 2. The number of carbonyl (C=O) groups excluding carboxylic acids is 1. The zero-order valence-electron chi connectivity index (χ0n) is 19.0. The van der Waals surface area contributed by atoms with Crippen LogP contribution in [0, 0.1) is 12.7 Å². The minimum Gasteiger partial charge on any atom is -0.386 e. The van der Waals surface area contributed by atoms with Crippen molar-refractivity contribution in [3.8, 4) is 0 Å². The molecular weight excluding hydrogens is 479 g/mol. The van der Waals surface area contributed by atoms with Crippen molar-refractivity contribution in [1.29, 1.82) is 0 Å². The molecule has 0 unspecified atom stereocenters. The lowest BCUT2D eigenvalue weighted by atomic mass is 9.85. The lowest BCUT2D eigenvalue weighted by Crippen LogP contribution is -2.55. The number of aryl methyl sites for hydroxylation is 1. The molecule has 5 rings (SSSR count). The number of hydrogen-bond acceptors (Lipinski definition) is 6. The van der Waals surface area contributed by atoms with E-state index in [0.29, 0.717) is 40.5 Å². The molecule has 2 N–H and O–H groups in total. The second kappa shape index (κ2) is 7.36. The Balaban J connectivity index is 1.53. The van der Waals surface area contributed by atoms with Crippen molar-refractivity contribution >= 4 is 38.7 Å². The third-order valence-electron chi connectivity index (χ3n) is 7.43. The van der Waals surface area contributed by atoms with E-state index in [9.17, 15) is 13.2 Å². The van der Waals surface area contributed by atoms with Crippen molar-refractivity contribution in [3.63, 3.8) is 0 Å². The molecule has 1 saturated heterocycles. The van der Waals surface area contributed by atoms with Crippen molar-refractivity contribution in [1.82, 2.24) is 9.38 Å². The molecule has 2 aliphatic rings. The molecule has 1 fully saturated rings. The van der Waals surface area contributed by atoms with Gasteiger partial charge in [-0.2, -0.15) is 0 Å². The highest BCUT2D eigenvalue weighted by atomic mass is 35.5. The molecule has 3 atom stereocenters. The number of nitrogens with two attached hydrogens (primary N) is 1. The van der Waals surface area contributed by atoms with Crippen LogP contribution < -0.4 is 5.73 Å². The molecule has 34 heavy (non-hydrogen) atoms. The average Bonchev–Trinajstić information content (AvgIpc) is 3.18. The Hall–Kier alpha value is -2.78. The maximum absolute atomic E-state index is 15.1. The van der Waals surface area contributed by atoms with Gasteiger partial charge in [-0.1, -0.05) is 17.7 Å². The third kappa shape index (κ3) is 3.06. The number of pyridine rings is 1. The summed E-state index contributed by atoms with van der Waals surface area (Å²) in [5.41, 5.74) is 6.95. The van der Waals surface area contributed by atoms with Gasteiger partial charge in [0.05, 0.1) is 16.0 Å². The molecule has 2 aliphatic heterocycles. The second-order valence-corrected chi connectivity index (χ2v) is 12.5. The average molecular weight is 503 g/mol. The summed E-state index contributed by atoms with van der Waals surface area (Å²) in [6, 6.07) is 7.72. The maximum Gasteiger partial charge on any atom is 0.187 e. The van der Waals surface area contributed by atoms with E-state index in [4.69, 9.17) is 17.3 Å². The first-order valence-electron chi connectivity index (χ1n) is 10.9. The molecule has 0 amide bonds. The molecule has 3 aromatic rings. The van der Waals surface area contributed by atoms with Crippen LogP contribution in [0.2, 0.25) is 5.02 Å². The number of imidazole rings is 1. The predicted octanol–water partition coefficient (Wildman–Crippen LogP) is 3.78. The molecule has 178 valence electrons. The fraction of sp³-hybridized carbons (Fsp3) is 0.375. The van der Waals surface area contributed by atoms with E-state index < -0.39 is 31.2 Å². The van der Waals surface area contributed by atoms with Crippen LogP contribution in [-0.4, -0.2) is 39.4 Å². The first-order chi connectivity index (χ1) is 15.9. The Bertz CT molecular complexity index is 1520. The highest BCUT2D eigenvalue weighted by Crippen LogP contribution is 2.51. The van der Waals surface area contributed by atoms with Crippen LogP contribution in [0.4, 0.5) is 4.39 Å². The molecule has 7 nitrogen and oxygen atoms in total. The smallest absolute Gasteiger partial charge is 0.187 e. The SMILES string of the molecule is Cc1c(C(=O)Cc2ccc(F)c([C@@]3(C)N=C(N)[C@]4(C)CC[C@H]3S4(=O)=O)c2)nc2ccc(Cl)cn12. The molecule has 0 radical (unpaired) electrons. The number of hydrogen-bond donors (Lipinski definition) is 1. The van der Waals surface area contributed by atoms with Crippen LogP contribution >= 0.6 is 11.6 Å². The Morgan fingerprint density at radius 3 is 2.76 bits per heavy atom. The number of ketones is 1. The van der Waals surface area contributed by atoms with E-state index in [-0.39, 0.29) is 23.6 Å². The molecule has 1 aromatic carbocycles. The molecule has 2 bridgehead atoms. The number of Topliss-reactive ketones (excluding diaryl/α,β-unsaturated/α-hetero) is 1. The van der Waals surface area contributed by atoms with E-state index in [1.54, 1.807) is 43.5 Å². The number of sulfone groups is 1. The standard InChI is InChI=1S/C24H24ClFN4O3S/c1-13-21(28-20-7-5-15(25)12-30(13)20)18(31)11-14-4-6-17(26)16(10-14)24(3)19-8-9-23(2,22(27)29-24)34(19,32)33/h4-7,10,12,19H,8-9,11H2,1-3H3,(H2,27,29)/t19-,23+,24-/m1/s1. The van der Waals surface area contributed by atoms with Gasteiger partial charge in [-0.05, 0) is 63.4 Å². The Morgan fingerprint density at radius 2 is 2.03 bits per heavy atom. The summed E-state index contributed by atoms with van der Waals surface area (Å²) in [5, 5.41) is -0.364. The predicted molar refractivity (Wildman–Crippen MR) is 129 cm³/mol. The Labute approximate surface area is 201 Å². The van der Waals surface area contributed by atoms with E-state index in [2.05, 4.69) is 9.98 Å². The van der Waals surface area contributed by atoms with Crippen molar-refractivity contribution in [2.24, 2.45) is 10.7 Å². The van der Waals surface area contributed by atoms with Gasteiger partial charge in [0, 0.05) is 18.2 Å². The van der Waals surface area contributed by atoms with Crippen molar-refractivity contribution < 1.29 is 17.6 Å². The molecular formula is C24H24ClFN4O3S. The number of carbonyl (C=O) groups is 1. The van der Waals surface area contributed by atoms with Gasteiger partial charge in [0.25, 0.3) is 0 Å². The van der Waals surface area contributed by atoms with Gasteiger partial charge in [0.1, 0.15) is 33.3 Å². The van der Waals surface area contributed by atoms with Gasteiger partial charge in [0.2, 0.25) is 0 Å². The van der Waals surface area contributed by atoms with Crippen LogP contribution in [0.1, 0.15) is 54.0 Å². The molecule has 4 heterocycles. The number of fused-ring (bicyclic) bond motifs is 3. The summed E-state index contributed by atoms with van der Waals surface area (Å²) in [5.74, 6) is -0.823. The molecule has 0 aliphatic carbocycles. The zero-order chi connectivity index (χ0) is 24.6. The van der Waals surface area contributed by atoms with Crippen molar-refractivity contribution in [2.45, 2.75) is 55.6 Å². The number of aromatic nitrogens is 2. The first-order valence-corrected chi connectivity index (χ1v) is 12.9. The van der Waals surface area contributed by atoms with Gasteiger partial charge in [0.15, 0.2) is 15.6 Å². The van der Waals surface area contributed by atoms with E-state index >= 15 is 4.39 Å². The third-order valence-corrected chi connectivity index (χ3v) is 10.8. The van der Waals surface area contributed by atoms with Crippen LogP contribution in [-0.2, 0) is 21.8 Å². The summed E-state index contributed by atoms with van der Waals surface area (Å²) in [7, 11) is -3.67. The first kappa shape index (κ1) is 23.0. The summed E-state index contributed by atoms with van der Waals surface area (Å²) in [4.78, 5) is 22.1. The number of nitrogens with zero attached hydrogens (tertiary/aromatic N) is 3. The van der Waals surface area contributed by atoms with E-state index in [1.165, 1.54) is 18.2 Å². The highest BCUT2D eigenvalue weighted by molar-refractivity contribution is 7.94. The number of aliphatic imine (C=N–C) groups is 1. The van der Waals surface area contributed by atoms with Crippen molar-refractivity contribution in [2.75, 3.05) is 0 Å². The second-order valence-electron chi connectivity index (χ2n) is 9.48. The fourth-order valence-corrected chi connectivity index (χ4v) is 8.03. The minimum absolute atomic E-state index is 0.00335. The molecule has 0 saturated carbocycles. The monoisotopic (exact) mass is 502 g/mol. The van der Waals surface area contributed by atoms with Crippen LogP contribution in [0.15, 0.2) is 41.5 Å². The lowest BCUT2D eigenvalue weighted by Gasteiger charge is -2.39. The number of benzene rings is 1. The van der Waals surface area contributed by atoms with E-state index in [1.807, 2.05) is 0 Å². The maximum atomic E-state index is 15.1. The van der Waals surface area contributed by atoms with Gasteiger partial charge in [-0.15, -0.1) is 0 Å². The van der Waals surface area contributed by atoms with Gasteiger partial charge >= 0.3 is 0 Å². The molecule has 2 aromatic heterocycles.